The number of nitrogens with zero attached hydrogens (tertiary/aromatic N) is 4. The van der Waals surface area contributed by atoms with Crippen LogP contribution in [0.15, 0.2) is 29.3 Å². The Hall–Kier alpha value is -2.36. The standard InChI is InChI=1S/C17H19BrN5O9P/c18-8-2-9(25)7(1-10(8)32-33(28,29)30)3-19-15-12-16(21-5-20-15)23(6-22-12)17-14(27)13(26)11(4-24)31-17/h1-2,5-6,11,13-14,17,24-27H,3-4H2,(H,19,20,21)(H2,28,29,30)/t11-,13-,14-,17-/m1/s1. The van der Waals surface area contributed by atoms with Gasteiger partial charge in [-0.25, -0.2) is 19.5 Å². The molecule has 178 valence electrons. The summed E-state index contributed by atoms with van der Waals surface area (Å²) in [6.45, 7) is -0.503. The molecule has 7 N–H and O–H groups in total. The van der Waals surface area contributed by atoms with Crippen LogP contribution >= 0.6 is 23.8 Å². The molecule has 0 saturated carbocycles. The van der Waals surface area contributed by atoms with Crippen LogP contribution in [0.2, 0.25) is 0 Å². The third kappa shape index (κ3) is 4.81. The summed E-state index contributed by atoms with van der Waals surface area (Å²) in [5.74, 6) is -0.0838. The SMILES string of the molecule is O=P(O)(O)Oc1cc(CNc2ncnc3c2ncn3[C@@H]2O[C@H](CO)[C@@H](O)[C@H]2O)c(O)cc1Br. The Morgan fingerprint density at radius 1 is 1.21 bits per heavy atom. The minimum absolute atomic E-state index is 0.0243. The van der Waals surface area contributed by atoms with Gasteiger partial charge in [-0.2, -0.15) is 0 Å². The molecule has 0 amide bonds. The van der Waals surface area contributed by atoms with Gasteiger partial charge in [0.15, 0.2) is 23.2 Å². The minimum Gasteiger partial charge on any atom is -0.508 e. The molecule has 1 aliphatic heterocycles. The van der Waals surface area contributed by atoms with E-state index in [1.54, 1.807) is 0 Å². The van der Waals surface area contributed by atoms with Gasteiger partial charge in [-0.1, -0.05) is 0 Å². The molecule has 16 heteroatoms. The molecule has 1 aromatic carbocycles. The van der Waals surface area contributed by atoms with Crippen molar-refractivity contribution in [3.05, 3.63) is 34.8 Å². The van der Waals surface area contributed by atoms with Crippen LogP contribution in [0.1, 0.15) is 11.8 Å². The van der Waals surface area contributed by atoms with Crippen LogP contribution in [0.4, 0.5) is 5.82 Å². The number of anilines is 1. The van der Waals surface area contributed by atoms with E-state index in [1.807, 2.05) is 0 Å². The maximum atomic E-state index is 11.2. The molecule has 0 radical (unpaired) electrons. The molecule has 33 heavy (non-hydrogen) atoms. The summed E-state index contributed by atoms with van der Waals surface area (Å²) in [6.07, 6.45) is -2.04. The van der Waals surface area contributed by atoms with E-state index in [0.717, 1.165) is 0 Å². The molecule has 2 aromatic heterocycles. The number of fused-ring (bicyclic) bond motifs is 1. The number of hydrogen-bond donors (Lipinski definition) is 7. The highest BCUT2D eigenvalue weighted by Crippen LogP contribution is 2.43. The molecular weight excluding hydrogens is 529 g/mol. The third-order valence-electron chi connectivity index (χ3n) is 4.95. The van der Waals surface area contributed by atoms with E-state index < -0.39 is 39.0 Å². The number of halogens is 1. The van der Waals surface area contributed by atoms with Crippen LogP contribution < -0.4 is 9.84 Å². The fraction of sp³-hybridized carbons (Fsp3) is 0.353. The number of rotatable bonds is 7. The third-order valence-corrected chi connectivity index (χ3v) is 6.00. The Morgan fingerprint density at radius 3 is 2.64 bits per heavy atom. The molecule has 3 aromatic rings. The van der Waals surface area contributed by atoms with Crippen LogP contribution in [0.5, 0.6) is 11.5 Å². The van der Waals surface area contributed by atoms with Crippen molar-refractivity contribution < 1.29 is 44.0 Å². The average Bonchev–Trinajstić information content (AvgIpc) is 3.30. The number of phenols is 1. The lowest BCUT2D eigenvalue weighted by atomic mass is 10.1. The van der Waals surface area contributed by atoms with E-state index >= 15 is 0 Å². The first kappa shape index (κ1) is 23.8. The zero-order valence-electron chi connectivity index (χ0n) is 16.6. The van der Waals surface area contributed by atoms with E-state index in [2.05, 4.69) is 40.7 Å². The van der Waals surface area contributed by atoms with Gasteiger partial charge in [-0.3, -0.25) is 14.4 Å². The van der Waals surface area contributed by atoms with Crippen LogP contribution in [-0.2, 0) is 15.8 Å². The van der Waals surface area contributed by atoms with Crippen LogP contribution in [0, 0.1) is 0 Å². The number of phenolic OH excluding ortho intramolecular Hbond substituents is 1. The lowest BCUT2D eigenvalue weighted by Crippen LogP contribution is -2.33. The molecule has 1 fully saturated rings. The molecule has 1 saturated heterocycles. The molecule has 14 nitrogen and oxygen atoms in total. The quantitative estimate of drug-likeness (QED) is 0.194. The summed E-state index contributed by atoms with van der Waals surface area (Å²) >= 11 is 3.07. The number of hydrogen-bond acceptors (Lipinski definition) is 11. The van der Waals surface area contributed by atoms with Crippen molar-refractivity contribution in [3.63, 3.8) is 0 Å². The van der Waals surface area contributed by atoms with Gasteiger partial charge in [-0.15, -0.1) is 0 Å². The number of imidazole rings is 1. The molecule has 1 aliphatic rings. The first-order chi connectivity index (χ1) is 15.6. The molecule has 4 rings (SSSR count). The number of phosphoric ester groups is 1. The van der Waals surface area contributed by atoms with Crippen molar-refractivity contribution in [3.8, 4) is 11.5 Å². The second kappa shape index (κ2) is 9.12. The summed E-state index contributed by atoms with van der Waals surface area (Å²) in [6, 6.07) is 2.48. The summed E-state index contributed by atoms with van der Waals surface area (Å²) in [4.78, 5) is 30.6. The second-order valence-corrected chi connectivity index (χ2v) is 9.14. The zero-order valence-corrected chi connectivity index (χ0v) is 19.0. The Kier molecular flexibility index (Phi) is 6.57. The van der Waals surface area contributed by atoms with Crippen molar-refractivity contribution in [2.75, 3.05) is 11.9 Å². The van der Waals surface area contributed by atoms with Crippen LogP contribution in [-0.4, -0.2) is 74.7 Å². The monoisotopic (exact) mass is 547 g/mol. The lowest BCUT2D eigenvalue weighted by molar-refractivity contribution is -0.0511. The number of benzene rings is 1. The molecule has 0 spiro atoms. The Morgan fingerprint density at radius 2 is 1.97 bits per heavy atom. The van der Waals surface area contributed by atoms with Gasteiger partial charge in [0.1, 0.15) is 36.1 Å². The fourth-order valence-electron chi connectivity index (χ4n) is 3.38. The van der Waals surface area contributed by atoms with Crippen molar-refractivity contribution in [2.45, 2.75) is 31.1 Å². The van der Waals surface area contributed by atoms with Gasteiger partial charge in [-0.05, 0) is 28.1 Å². The molecule has 0 bridgehead atoms. The molecule has 3 heterocycles. The Bertz CT molecular complexity index is 1220. The van der Waals surface area contributed by atoms with Gasteiger partial charge in [0.2, 0.25) is 0 Å². The van der Waals surface area contributed by atoms with E-state index in [9.17, 15) is 25.0 Å². The van der Waals surface area contributed by atoms with E-state index in [1.165, 1.54) is 29.4 Å². The van der Waals surface area contributed by atoms with Gasteiger partial charge >= 0.3 is 7.82 Å². The highest BCUT2D eigenvalue weighted by molar-refractivity contribution is 9.10. The maximum Gasteiger partial charge on any atom is 0.524 e. The van der Waals surface area contributed by atoms with Crippen LogP contribution in [0.25, 0.3) is 11.2 Å². The van der Waals surface area contributed by atoms with Gasteiger partial charge < -0.3 is 35.0 Å². The minimum atomic E-state index is -4.81. The number of aromatic nitrogens is 4. The second-order valence-electron chi connectivity index (χ2n) is 7.12. The van der Waals surface area contributed by atoms with E-state index in [4.69, 9.17) is 14.5 Å². The van der Waals surface area contributed by atoms with Gasteiger partial charge in [0.05, 0.1) is 17.4 Å². The first-order valence-electron chi connectivity index (χ1n) is 9.39. The zero-order chi connectivity index (χ0) is 23.9. The van der Waals surface area contributed by atoms with Gasteiger partial charge in [0.25, 0.3) is 0 Å². The molecule has 0 unspecified atom stereocenters. The average molecular weight is 548 g/mol. The number of ether oxygens (including phenoxy) is 1. The predicted molar refractivity (Wildman–Crippen MR) is 114 cm³/mol. The van der Waals surface area contributed by atoms with Gasteiger partial charge in [0, 0.05) is 12.1 Å². The lowest BCUT2D eigenvalue weighted by Gasteiger charge is -2.16. The summed E-state index contributed by atoms with van der Waals surface area (Å²) in [7, 11) is -4.81. The summed E-state index contributed by atoms with van der Waals surface area (Å²) in [5.41, 5.74) is 0.808. The molecular formula is C17H19BrN5O9P. The van der Waals surface area contributed by atoms with Crippen LogP contribution in [0.3, 0.4) is 0 Å². The van der Waals surface area contributed by atoms with E-state index in [0.29, 0.717) is 5.52 Å². The normalized spacial score (nSPS) is 23.2. The molecule has 4 atom stereocenters. The smallest absolute Gasteiger partial charge is 0.508 e. The van der Waals surface area contributed by atoms with Crippen molar-refractivity contribution >= 4 is 40.7 Å². The van der Waals surface area contributed by atoms with Crippen molar-refractivity contribution in [1.82, 2.24) is 19.5 Å². The number of aliphatic hydroxyl groups excluding tert-OH is 3. The number of nitrogens with one attached hydrogen (secondary N) is 1. The fourth-order valence-corrected chi connectivity index (χ4v) is 4.33. The topological polar surface area (TPSA) is 213 Å². The predicted octanol–water partition coefficient (Wildman–Crippen LogP) is -0.0105. The number of aliphatic hydroxyl groups is 3. The Balaban J connectivity index is 1.59. The maximum absolute atomic E-state index is 11.2. The summed E-state index contributed by atoms with van der Waals surface area (Å²) < 4.78 is 22.8. The van der Waals surface area contributed by atoms with E-state index in [-0.39, 0.29) is 39.5 Å². The number of phosphoric acid groups is 1. The highest BCUT2D eigenvalue weighted by atomic mass is 79.9. The van der Waals surface area contributed by atoms with Crippen molar-refractivity contribution in [2.24, 2.45) is 0 Å². The number of aromatic hydroxyl groups is 1. The van der Waals surface area contributed by atoms with Crippen molar-refractivity contribution in [1.29, 1.82) is 0 Å². The largest absolute Gasteiger partial charge is 0.524 e. The highest BCUT2D eigenvalue weighted by Gasteiger charge is 2.44. The Labute approximate surface area is 193 Å². The first-order valence-corrected chi connectivity index (χ1v) is 11.7. The summed E-state index contributed by atoms with van der Waals surface area (Å²) in [5, 5.41) is 42.7. The molecule has 0 aliphatic carbocycles.